The van der Waals surface area contributed by atoms with Gasteiger partial charge in [-0.1, -0.05) is 12.1 Å². The second kappa shape index (κ2) is 3.65. The van der Waals surface area contributed by atoms with E-state index in [9.17, 15) is 4.79 Å². The van der Waals surface area contributed by atoms with Crippen molar-refractivity contribution in [2.75, 3.05) is 0 Å². The van der Waals surface area contributed by atoms with Crippen molar-refractivity contribution in [3.8, 4) is 5.75 Å². The average molecular weight is 198 g/mol. The molecule has 1 rings (SSSR count). The van der Waals surface area contributed by atoms with Gasteiger partial charge in [0, 0.05) is 6.92 Å². The van der Waals surface area contributed by atoms with Crippen molar-refractivity contribution < 1.29 is 24.9 Å². The van der Waals surface area contributed by atoms with Gasteiger partial charge >= 0.3 is 11.9 Å². The predicted octanol–water partition coefficient (Wildman–Crippen LogP) is 0.422. The number of carboxylic acid groups (broad SMARTS) is 1. The fourth-order valence-corrected chi connectivity index (χ4v) is 0.941. The monoisotopic (exact) mass is 198 g/mol. The summed E-state index contributed by atoms with van der Waals surface area (Å²) in [7, 11) is 0. The van der Waals surface area contributed by atoms with Gasteiger partial charge in [0.1, 0.15) is 11.3 Å². The van der Waals surface area contributed by atoms with Crippen LogP contribution in [0.1, 0.15) is 17.3 Å². The van der Waals surface area contributed by atoms with Gasteiger partial charge in [0.15, 0.2) is 0 Å². The molecule has 0 fully saturated rings. The zero-order chi connectivity index (χ0) is 10.8. The van der Waals surface area contributed by atoms with Gasteiger partial charge in [0.25, 0.3) is 0 Å². The van der Waals surface area contributed by atoms with Crippen molar-refractivity contribution in [1.29, 1.82) is 0 Å². The van der Waals surface area contributed by atoms with Crippen molar-refractivity contribution in [2.24, 2.45) is 0 Å². The van der Waals surface area contributed by atoms with E-state index in [1.165, 1.54) is 24.3 Å². The summed E-state index contributed by atoms with van der Waals surface area (Å²) in [5.74, 6) is -3.66. The van der Waals surface area contributed by atoms with Crippen LogP contribution in [0.15, 0.2) is 24.3 Å². The Morgan fingerprint density at radius 2 is 1.93 bits per heavy atom. The van der Waals surface area contributed by atoms with Crippen LogP contribution in [0.5, 0.6) is 5.75 Å². The molecule has 0 radical (unpaired) electrons. The molecular weight excluding hydrogens is 188 g/mol. The number of rotatable bonds is 3. The number of ether oxygens (including phenoxy) is 1. The smallest absolute Gasteiger partial charge is 0.339 e. The topological polar surface area (TPSA) is 87.0 Å². The second-order valence-electron chi connectivity index (χ2n) is 2.84. The van der Waals surface area contributed by atoms with Gasteiger partial charge in [0.2, 0.25) is 0 Å². The highest BCUT2D eigenvalue weighted by Gasteiger charge is 2.20. The Labute approximate surface area is 80.2 Å². The minimum absolute atomic E-state index is 0.0903. The normalized spacial score (nSPS) is 11.1. The number of carbonyl (C=O) groups is 1. The van der Waals surface area contributed by atoms with Crippen LogP contribution in [-0.4, -0.2) is 27.3 Å². The van der Waals surface area contributed by atoms with E-state index in [1.807, 2.05) is 0 Å². The molecule has 0 saturated heterocycles. The number of aromatic carboxylic acids is 1. The van der Waals surface area contributed by atoms with Gasteiger partial charge in [-0.05, 0) is 12.1 Å². The predicted molar refractivity (Wildman–Crippen MR) is 46.9 cm³/mol. The zero-order valence-corrected chi connectivity index (χ0v) is 7.47. The summed E-state index contributed by atoms with van der Waals surface area (Å²) in [6.45, 7) is 0.992. The van der Waals surface area contributed by atoms with Crippen LogP contribution in [0.2, 0.25) is 0 Å². The third kappa shape index (κ3) is 2.72. The third-order valence-electron chi connectivity index (χ3n) is 1.42. The van der Waals surface area contributed by atoms with E-state index in [-0.39, 0.29) is 11.3 Å². The molecule has 5 heteroatoms. The van der Waals surface area contributed by atoms with E-state index in [0.29, 0.717) is 0 Å². The summed E-state index contributed by atoms with van der Waals surface area (Å²) in [6.07, 6.45) is 0. The number of hydrogen-bond donors (Lipinski definition) is 3. The summed E-state index contributed by atoms with van der Waals surface area (Å²) in [4.78, 5) is 10.7. The summed E-state index contributed by atoms with van der Waals surface area (Å²) >= 11 is 0. The Kier molecular flexibility index (Phi) is 2.73. The van der Waals surface area contributed by atoms with Crippen molar-refractivity contribution in [2.45, 2.75) is 12.9 Å². The molecule has 1 aromatic rings. The first-order valence-corrected chi connectivity index (χ1v) is 3.86. The highest BCUT2D eigenvalue weighted by atomic mass is 16.8. The first kappa shape index (κ1) is 10.5. The number of para-hydroxylation sites is 1. The minimum Gasteiger partial charge on any atom is -0.478 e. The number of benzene rings is 1. The van der Waals surface area contributed by atoms with E-state index in [2.05, 4.69) is 4.74 Å². The number of aliphatic hydroxyl groups is 2. The maximum absolute atomic E-state index is 10.7. The SMILES string of the molecule is CC(O)(O)Oc1ccccc1C(=O)O. The van der Waals surface area contributed by atoms with Crippen molar-refractivity contribution in [1.82, 2.24) is 0 Å². The molecule has 14 heavy (non-hydrogen) atoms. The lowest BCUT2D eigenvalue weighted by atomic mass is 10.2. The van der Waals surface area contributed by atoms with Gasteiger partial charge in [-0.15, -0.1) is 0 Å². The van der Waals surface area contributed by atoms with E-state index < -0.39 is 11.9 Å². The molecule has 0 aliphatic heterocycles. The molecule has 5 nitrogen and oxygen atoms in total. The van der Waals surface area contributed by atoms with E-state index in [0.717, 1.165) is 6.92 Å². The van der Waals surface area contributed by atoms with E-state index in [4.69, 9.17) is 15.3 Å². The Hall–Kier alpha value is -1.59. The fourth-order valence-electron chi connectivity index (χ4n) is 0.941. The molecule has 0 aromatic heterocycles. The van der Waals surface area contributed by atoms with Gasteiger partial charge in [0.05, 0.1) is 0 Å². The maximum atomic E-state index is 10.7. The molecular formula is C9H10O5. The van der Waals surface area contributed by atoms with Gasteiger partial charge in [-0.2, -0.15) is 0 Å². The zero-order valence-electron chi connectivity index (χ0n) is 7.47. The largest absolute Gasteiger partial charge is 0.478 e. The summed E-state index contributed by atoms with van der Waals surface area (Å²) < 4.78 is 4.62. The molecule has 0 amide bonds. The summed E-state index contributed by atoms with van der Waals surface area (Å²) in [5, 5.41) is 26.6. The Morgan fingerprint density at radius 3 is 2.43 bits per heavy atom. The Balaban J connectivity index is 3.02. The van der Waals surface area contributed by atoms with Crippen molar-refractivity contribution in [3.63, 3.8) is 0 Å². The highest BCUT2D eigenvalue weighted by molar-refractivity contribution is 5.90. The Bertz CT molecular complexity index is 339. The number of carboxylic acids is 1. The van der Waals surface area contributed by atoms with Crippen LogP contribution in [0.4, 0.5) is 0 Å². The van der Waals surface area contributed by atoms with Crippen LogP contribution in [0.25, 0.3) is 0 Å². The lowest BCUT2D eigenvalue weighted by Gasteiger charge is -2.18. The van der Waals surface area contributed by atoms with Crippen LogP contribution in [0, 0.1) is 0 Å². The average Bonchev–Trinajstić information content (AvgIpc) is 2.01. The molecule has 0 unspecified atom stereocenters. The first-order valence-electron chi connectivity index (χ1n) is 3.86. The van der Waals surface area contributed by atoms with Crippen LogP contribution >= 0.6 is 0 Å². The molecule has 1 aromatic carbocycles. The lowest BCUT2D eigenvalue weighted by molar-refractivity contribution is -0.277. The van der Waals surface area contributed by atoms with Gasteiger partial charge in [-0.25, -0.2) is 4.79 Å². The van der Waals surface area contributed by atoms with Crippen LogP contribution in [0.3, 0.4) is 0 Å². The molecule has 0 aliphatic carbocycles. The van der Waals surface area contributed by atoms with E-state index >= 15 is 0 Å². The molecule has 0 atom stereocenters. The van der Waals surface area contributed by atoms with Crippen molar-refractivity contribution >= 4 is 5.97 Å². The quantitative estimate of drug-likeness (QED) is 0.613. The van der Waals surface area contributed by atoms with Crippen LogP contribution < -0.4 is 4.74 Å². The third-order valence-corrected chi connectivity index (χ3v) is 1.42. The van der Waals surface area contributed by atoms with E-state index in [1.54, 1.807) is 0 Å². The maximum Gasteiger partial charge on any atom is 0.339 e. The molecule has 0 heterocycles. The van der Waals surface area contributed by atoms with Gasteiger partial charge in [-0.3, -0.25) is 0 Å². The molecule has 3 N–H and O–H groups in total. The fraction of sp³-hybridized carbons (Fsp3) is 0.222. The Morgan fingerprint density at radius 1 is 1.36 bits per heavy atom. The molecule has 0 aliphatic rings. The van der Waals surface area contributed by atoms with Gasteiger partial charge < -0.3 is 20.1 Å². The number of hydrogen-bond acceptors (Lipinski definition) is 4. The second-order valence-corrected chi connectivity index (χ2v) is 2.84. The minimum atomic E-state index is -2.38. The van der Waals surface area contributed by atoms with Crippen LogP contribution in [-0.2, 0) is 0 Å². The standard InChI is InChI=1S/C9H10O5/c1-9(12,13)14-7-5-3-2-4-6(7)8(10)11/h2-5,12-13H,1H3,(H,10,11). The molecule has 0 saturated carbocycles. The molecule has 0 bridgehead atoms. The molecule has 0 spiro atoms. The summed E-state index contributed by atoms with van der Waals surface area (Å²) in [5.41, 5.74) is -0.123. The summed E-state index contributed by atoms with van der Waals surface area (Å²) in [6, 6.07) is 5.70. The first-order chi connectivity index (χ1) is 6.40. The van der Waals surface area contributed by atoms with Crippen molar-refractivity contribution in [3.05, 3.63) is 29.8 Å². The molecule has 76 valence electrons. The highest BCUT2D eigenvalue weighted by Crippen LogP contribution is 2.20. The lowest BCUT2D eigenvalue weighted by Crippen LogP contribution is -2.31.